The van der Waals surface area contributed by atoms with Gasteiger partial charge in [0.1, 0.15) is 17.0 Å². The molecule has 0 amide bonds. The smallest absolute Gasteiger partial charge is 0.361 e. The fourth-order valence-corrected chi connectivity index (χ4v) is 1.74. The lowest BCUT2D eigenvalue weighted by Crippen LogP contribution is -2.16. The molecule has 2 aromatic heterocycles. The first-order valence-electron chi connectivity index (χ1n) is 6.64. The maximum Gasteiger partial charge on any atom is 0.361 e. The van der Waals surface area contributed by atoms with Crippen LogP contribution in [0, 0.1) is 6.92 Å². The lowest BCUT2D eigenvalue weighted by molar-refractivity contribution is 0.0517. The average Bonchev–Trinajstić information content (AvgIpc) is 2.82. The van der Waals surface area contributed by atoms with Gasteiger partial charge in [0.05, 0.1) is 6.61 Å². The van der Waals surface area contributed by atoms with Gasteiger partial charge < -0.3 is 14.6 Å². The van der Waals surface area contributed by atoms with Gasteiger partial charge in [-0.3, -0.25) is 0 Å². The van der Waals surface area contributed by atoms with E-state index >= 15 is 0 Å². The highest BCUT2D eigenvalue weighted by Gasteiger charge is 2.23. The van der Waals surface area contributed by atoms with Crippen LogP contribution in [0.15, 0.2) is 4.52 Å². The zero-order valence-corrected chi connectivity index (χ0v) is 12.1. The summed E-state index contributed by atoms with van der Waals surface area (Å²) in [5.74, 6) is 0.562. The highest BCUT2D eigenvalue weighted by molar-refractivity contribution is 6.04. The van der Waals surface area contributed by atoms with Crippen molar-refractivity contribution in [2.75, 3.05) is 11.9 Å². The molecule has 0 unspecified atom stereocenters. The van der Waals surface area contributed by atoms with Crippen molar-refractivity contribution in [3.05, 3.63) is 11.5 Å². The molecule has 0 aliphatic carbocycles. The Morgan fingerprint density at radius 2 is 2.15 bits per heavy atom. The van der Waals surface area contributed by atoms with Crippen molar-refractivity contribution < 1.29 is 14.1 Å². The van der Waals surface area contributed by atoms with E-state index < -0.39 is 5.97 Å². The van der Waals surface area contributed by atoms with Gasteiger partial charge in [0.2, 0.25) is 5.69 Å². The van der Waals surface area contributed by atoms with Gasteiger partial charge in [-0.25, -0.2) is 9.78 Å². The summed E-state index contributed by atoms with van der Waals surface area (Å²) in [7, 11) is 0. The van der Waals surface area contributed by atoms with Crippen LogP contribution in [0.5, 0.6) is 0 Å². The van der Waals surface area contributed by atoms with E-state index in [-0.39, 0.29) is 24.1 Å². The summed E-state index contributed by atoms with van der Waals surface area (Å²) in [6, 6.07) is 0.206. The molecule has 0 aliphatic rings. The van der Waals surface area contributed by atoms with E-state index in [9.17, 15) is 4.79 Å². The summed E-state index contributed by atoms with van der Waals surface area (Å²) < 4.78 is 10.1. The van der Waals surface area contributed by atoms with Crippen LogP contribution < -0.4 is 5.32 Å². The van der Waals surface area contributed by atoms with E-state index in [0.29, 0.717) is 17.0 Å². The highest BCUT2D eigenvalue weighted by atomic mass is 16.5. The Bertz CT molecular complexity index is 623. The minimum atomic E-state index is -0.536. The molecule has 0 saturated carbocycles. The largest absolute Gasteiger partial charge is 0.461 e. The van der Waals surface area contributed by atoms with Gasteiger partial charge in [-0.05, 0) is 27.2 Å². The Hall–Kier alpha value is -2.18. The fraction of sp³-hybridized carbons (Fsp3) is 0.538. The van der Waals surface area contributed by atoms with Crippen LogP contribution in [0.4, 0.5) is 5.82 Å². The van der Waals surface area contributed by atoms with Crippen molar-refractivity contribution in [1.82, 2.24) is 15.1 Å². The van der Waals surface area contributed by atoms with Crippen LogP contribution in [0.25, 0.3) is 11.1 Å². The van der Waals surface area contributed by atoms with Gasteiger partial charge in [-0.1, -0.05) is 12.1 Å². The van der Waals surface area contributed by atoms with Crippen LogP contribution in [0.2, 0.25) is 0 Å². The van der Waals surface area contributed by atoms with E-state index in [2.05, 4.69) is 27.4 Å². The third kappa shape index (κ3) is 2.71. The summed E-state index contributed by atoms with van der Waals surface area (Å²) in [5, 5.41) is 7.46. The van der Waals surface area contributed by atoms with E-state index in [1.165, 1.54) is 0 Å². The lowest BCUT2D eigenvalue weighted by Gasteiger charge is -2.13. The second-order valence-electron chi connectivity index (χ2n) is 4.50. The number of anilines is 1. The molecule has 0 saturated heterocycles. The van der Waals surface area contributed by atoms with Crippen molar-refractivity contribution in [1.29, 1.82) is 0 Å². The molecular formula is C13H18N4O3. The Labute approximate surface area is 116 Å². The molecule has 1 N–H and O–H groups in total. The zero-order valence-electron chi connectivity index (χ0n) is 12.1. The third-order valence-corrected chi connectivity index (χ3v) is 2.91. The zero-order chi connectivity index (χ0) is 14.7. The van der Waals surface area contributed by atoms with Gasteiger partial charge in [0, 0.05) is 6.04 Å². The molecule has 108 valence electrons. The number of aromatic nitrogens is 3. The summed E-state index contributed by atoms with van der Waals surface area (Å²) in [4.78, 5) is 20.4. The molecule has 2 rings (SSSR count). The summed E-state index contributed by atoms with van der Waals surface area (Å²) in [5.41, 5.74) is 0.388. The SMILES string of the molecule is CCOC(=O)c1noc2nc(C)nc(N[C@H](C)CC)c12. The van der Waals surface area contributed by atoms with Crippen LogP contribution in [0.1, 0.15) is 43.5 Å². The van der Waals surface area contributed by atoms with Crippen molar-refractivity contribution in [3.63, 3.8) is 0 Å². The minimum absolute atomic E-state index is 0.104. The van der Waals surface area contributed by atoms with E-state index in [1.54, 1.807) is 13.8 Å². The number of nitrogens with zero attached hydrogens (tertiary/aromatic N) is 3. The molecular weight excluding hydrogens is 260 g/mol. The number of carbonyl (C=O) groups excluding carboxylic acids is 1. The summed E-state index contributed by atoms with van der Waals surface area (Å²) >= 11 is 0. The second kappa shape index (κ2) is 5.85. The van der Waals surface area contributed by atoms with Crippen molar-refractivity contribution in [3.8, 4) is 0 Å². The molecule has 2 heterocycles. The average molecular weight is 278 g/mol. The number of fused-ring (bicyclic) bond motifs is 1. The van der Waals surface area contributed by atoms with E-state index in [0.717, 1.165) is 6.42 Å². The van der Waals surface area contributed by atoms with Gasteiger partial charge in [-0.15, -0.1) is 0 Å². The number of carbonyl (C=O) groups is 1. The van der Waals surface area contributed by atoms with E-state index in [4.69, 9.17) is 9.26 Å². The quantitative estimate of drug-likeness (QED) is 0.839. The first-order chi connectivity index (χ1) is 9.56. The summed E-state index contributed by atoms with van der Waals surface area (Å²) in [6.07, 6.45) is 0.921. The van der Waals surface area contributed by atoms with Crippen LogP contribution in [-0.2, 0) is 4.74 Å². The topological polar surface area (TPSA) is 90.1 Å². The van der Waals surface area contributed by atoms with Crippen molar-refractivity contribution >= 4 is 22.9 Å². The minimum Gasteiger partial charge on any atom is -0.461 e. The Balaban J connectivity index is 2.53. The van der Waals surface area contributed by atoms with Crippen LogP contribution in [0.3, 0.4) is 0 Å². The number of ether oxygens (including phenoxy) is 1. The molecule has 0 bridgehead atoms. The molecule has 7 heteroatoms. The number of hydrogen-bond donors (Lipinski definition) is 1. The standard InChI is InChI=1S/C13H18N4O3/c1-5-7(3)14-11-9-10(13(18)19-6-2)17-20-12(9)16-8(4)15-11/h7H,5-6H2,1-4H3,(H,14,15,16)/t7-/m1/s1. The van der Waals surface area contributed by atoms with Gasteiger partial charge in [-0.2, -0.15) is 4.98 Å². The molecule has 20 heavy (non-hydrogen) atoms. The number of hydrogen-bond acceptors (Lipinski definition) is 7. The molecule has 7 nitrogen and oxygen atoms in total. The van der Waals surface area contributed by atoms with Crippen molar-refractivity contribution in [2.45, 2.75) is 40.2 Å². The molecule has 0 spiro atoms. The summed E-state index contributed by atoms with van der Waals surface area (Å²) in [6.45, 7) is 7.85. The first-order valence-corrected chi connectivity index (χ1v) is 6.64. The number of aryl methyl sites for hydroxylation is 1. The molecule has 0 fully saturated rings. The normalized spacial score (nSPS) is 12.4. The lowest BCUT2D eigenvalue weighted by atomic mass is 10.2. The molecule has 0 aliphatic heterocycles. The second-order valence-corrected chi connectivity index (χ2v) is 4.50. The number of nitrogens with one attached hydrogen (secondary N) is 1. The Morgan fingerprint density at radius 1 is 1.40 bits per heavy atom. The predicted octanol–water partition coefficient (Wildman–Crippen LogP) is 2.31. The van der Waals surface area contributed by atoms with Crippen molar-refractivity contribution in [2.24, 2.45) is 0 Å². The third-order valence-electron chi connectivity index (χ3n) is 2.91. The van der Waals surface area contributed by atoms with Gasteiger partial charge >= 0.3 is 5.97 Å². The maximum absolute atomic E-state index is 11.9. The van der Waals surface area contributed by atoms with Gasteiger partial charge in [0.15, 0.2) is 0 Å². The fourth-order valence-electron chi connectivity index (χ4n) is 1.74. The number of esters is 1. The van der Waals surface area contributed by atoms with Crippen LogP contribution >= 0.6 is 0 Å². The first kappa shape index (κ1) is 14.2. The Kier molecular flexibility index (Phi) is 4.16. The molecule has 0 radical (unpaired) electrons. The Morgan fingerprint density at radius 3 is 2.80 bits per heavy atom. The van der Waals surface area contributed by atoms with Crippen LogP contribution in [-0.4, -0.2) is 33.7 Å². The molecule has 1 atom stereocenters. The predicted molar refractivity (Wildman–Crippen MR) is 73.7 cm³/mol. The highest BCUT2D eigenvalue weighted by Crippen LogP contribution is 2.25. The van der Waals surface area contributed by atoms with E-state index in [1.807, 2.05) is 6.92 Å². The number of rotatable bonds is 5. The maximum atomic E-state index is 11.9. The van der Waals surface area contributed by atoms with Gasteiger partial charge in [0.25, 0.3) is 5.71 Å². The molecule has 0 aromatic carbocycles. The monoisotopic (exact) mass is 278 g/mol. The molecule has 2 aromatic rings.